The number of carbonyl (C=O) groups excluding carboxylic acids is 1. The SMILES string of the molecule is C=CC[Si]1(C)C2=CC(=O)C=CC2=Nc2ccc(O)c(-c3[se]c(I)c(Br)c3Br)c21. The van der Waals surface area contributed by atoms with E-state index in [-0.39, 0.29) is 26.0 Å². The molecule has 2 aromatic rings. The monoisotopic (exact) mass is 693 g/mol. The second kappa shape index (κ2) is 7.63. The fourth-order valence-corrected chi connectivity index (χ4v) is 13.6. The number of hydrogen-bond acceptors (Lipinski definition) is 3. The number of fused-ring (bicyclic) bond motifs is 2. The van der Waals surface area contributed by atoms with Crippen molar-refractivity contribution in [1.82, 2.24) is 0 Å². The third-order valence-electron chi connectivity index (χ3n) is 5.05. The summed E-state index contributed by atoms with van der Waals surface area (Å²) in [7, 11) is -2.38. The second-order valence-corrected chi connectivity index (χ2v) is 17.4. The third-order valence-corrected chi connectivity index (χ3v) is 17.2. The third kappa shape index (κ3) is 3.16. The summed E-state index contributed by atoms with van der Waals surface area (Å²) in [6.45, 7) is 6.23. The number of rotatable bonds is 3. The van der Waals surface area contributed by atoms with E-state index in [1.54, 1.807) is 18.2 Å². The van der Waals surface area contributed by atoms with Crippen LogP contribution in [0.1, 0.15) is 0 Å². The molecule has 1 atom stereocenters. The van der Waals surface area contributed by atoms with Gasteiger partial charge in [0.05, 0.1) is 0 Å². The molecule has 1 unspecified atom stereocenters. The first-order valence-electron chi connectivity index (χ1n) is 8.42. The van der Waals surface area contributed by atoms with E-state index < -0.39 is 8.07 Å². The maximum absolute atomic E-state index is 12.2. The van der Waals surface area contributed by atoms with E-state index in [0.29, 0.717) is 0 Å². The molecule has 4 rings (SSSR count). The first-order chi connectivity index (χ1) is 13.3. The van der Waals surface area contributed by atoms with E-state index in [9.17, 15) is 9.90 Å². The molecule has 1 aromatic heterocycles. The first kappa shape index (κ1) is 20.7. The minimum absolute atomic E-state index is 0.00803. The quantitative estimate of drug-likeness (QED) is 0.203. The molecule has 1 aliphatic carbocycles. The van der Waals surface area contributed by atoms with Crippen LogP contribution in [-0.2, 0) is 4.79 Å². The van der Waals surface area contributed by atoms with E-state index in [2.05, 4.69) is 67.6 Å². The summed E-state index contributed by atoms with van der Waals surface area (Å²) >= 11 is 9.80. The normalized spacial score (nSPS) is 20.4. The second-order valence-electron chi connectivity index (χ2n) is 6.80. The number of phenols is 1. The number of ketones is 1. The zero-order valence-electron chi connectivity index (χ0n) is 14.7. The zero-order valence-corrected chi connectivity index (χ0v) is 22.8. The Morgan fingerprint density at radius 1 is 1.32 bits per heavy atom. The van der Waals surface area contributed by atoms with Gasteiger partial charge in [0.1, 0.15) is 0 Å². The van der Waals surface area contributed by atoms with Crippen LogP contribution in [0.2, 0.25) is 12.6 Å². The van der Waals surface area contributed by atoms with E-state index in [0.717, 1.165) is 46.8 Å². The van der Waals surface area contributed by atoms with E-state index in [4.69, 9.17) is 4.99 Å². The molecule has 2 aliphatic rings. The van der Waals surface area contributed by atoms with Gasteiger partial charge in [-0.3, -0.25) is 0 Å². The molecule has 0 saturated heterocycles. The summed E-state index contributed by atoms with van der Waals surface area (Å²) in [5.74, 6) is 0.255. The van der Waals surface area contributed by atoms with Crippen LogP contribution < -0.4 is 5.19 Å². The average molecular weight is 694 g/mol. The van der Waals surface area contributed by atoms with Gasteiger partial charge in [-0.25, -0.2) is 0 Å². The molecular weight excluding hydrogens is 680 g/mol. The summed E-state index contributed by atoms with van der Waals surface area (Å²) in [5, 5.41) is 13.0. The molecule has 2 heterocycles. The van der Waals surface area contributed by atoms with Crippen LogP contribution in [0.15, 0.2) is 62.1 Å². The standard InChI is InChI=1S/C20H14Br2INO2SeSi/c1-3-8-28(2)14-9-10(25)4-5-11(14)24-12-6-7-13(26)15(19(12)28)18-16(21)17(22)20(23)27-18/h3-7,9,26H,1,8H2,2H3. The van der Waals surface area contributed by atoms with Crippen molar-refractivity contribution in [1.29, 1.82) is 0 Å². The van der Waals surface area contributed by atoms with E-state index in [1.165, 1.54) is 2.44 Å². The molecule has 0 amide bonds. The van der Waals surface area contributed by atoms with Crippen molar-refractivity contribution in [3.05, 3.63) is 59.6 Å². The zero-order chi connectivity index (χ0) is 20.2. The Morgan fingerprint density at radius 3 is 2.71 bits per heavy atom. The molecule has 1 aliphatic heterocycles. The molecule has 3 nitrogen and oxygen atoms in total. The number of allylic oxidation sites excluding steroid dienone is 5. The van der Waals surface area contributed by atoms with Crippen LogP contribution in [-0.4, -0.2) is 39.2 Å². The molecule has 28 heavy (non-hydrogen) atoms. The topological polar surface area (TPSA) is 49.7 Å². The molecule has 0 radical (unpaired) electrons. The molecule has 0 saturated carbocycles. The minimum atomic E-state index is -2.38. The van der Waals surface area contributed by atoms with Crippen LogP contribution in [0.5, 0.6) is 5.75 Å². The van der Waals surface area contributed by atoms with Gasteiger partial charge in [0.25, 0.3) is 0 Å². The number of halogens is 3. The Kier molecular flexibility index (Phi) is 5.65. The van der Waals surface area contributed by atoms with Gasteiger partial charge in [0.15, 0.2) is 0 Å². The van der Waals surface area contributed by atoms with Crippen molar-refractivity contribution >= 4 is 99.4 Å². The molecule has 0 bridgehead atoms. The molecule has 1 N–H and O–H groups in total. The number of hydrogen-bond donors (Lipinski definition) is 1. The predicted octanol–water partition coefficient (Wildman–Crippen LogP) is 5.41. The van der Waals surface area contributed by atoms with Crippen LogP contribution in [0.4, 0.5) is 5.69 Å². The van der Waals surface area contributed by atoms with Crippen molar-refractivity contribution < 1.29 is 9.90 Å². The first-order valence-corrected chi connectivity index (χ1v) is 15.5. The van der Waals surface area contributed by atoms with E-state index in [1.807, 2.05) is 18.2 Å². The summed E-state index contributed by atoms with van der Waals surface area (Å²) < 4.78 is 4.38. The van der Waals surface area contributed by atoms with Gasteiger partial charge in [-0.1, -0.05) is 0 Å². The Balaban J connectivity index is 2.12. The van der Waals surface area contributed by atoms with Crippen molar-refractivity contribution in [2.24, 2.45) is 4.99 Å². The molecule has 142 valence electrons. The number of aromatic hydroxyl groups is 1. The number of aliphatic imine (C=N–C) groups is 1. The van der Waals surface area contributed by atoms with Gasteiger partial charge in [0.2, 0.25) is 0 Å². The van der Waals surface area contributed by atoms with Gasteiger partial charge in [-0.15, -0.1) is 0 Å². The number of benzene rings is 1. The number of nitrogens with zero attached hydrogens (tertiary/aromatic N) is 1. The van der Waals surface area contributed by atoms with Crippen molar-refractivity contribution in [2.45, 2.75) is 12.6 Å². The van der Waals surface area contributed by atoms with Gasteiger partial charge >= 0.3 is 202 Å². The van der Waals surface area contributed by atoms with E-state index >= 15 is 0 Å². The summed E-state index contributed by atoms with van der Waals surface area (Å²) in [6, 6.07) is 4.39. The predicted molar refractivity (Wildman–Crippen MR) is 134 cm³/mol. The summed E-state index contributed by atoms with van der Waals surface area (Å²) in [4.78, 5) is 17.0. The Hall–Kier alpha value is -0.514. The van der Waals surface area contributed by atoms with Gasteiger partial charge in [-0.2, -0.15) is 0 Å². The maximum atomic E-state index is 12.2. The molecule has 0 fully saturated rings. The summed E-state index contributed by atoms with van der Waals surface area (Å²) in [6.07, 6.45) is 7.04. The number of carbonyl (C=O) groups is 1. The van der Waals surface area contributed by atoms with Crippen molar-refractivity contribution in [3.63, 3.8) is 0 Å². The fourth-order valence-electron chi connectivity index (χ4n) is 3.81. The van der Waals surface area contributed by atoms with Gasteiger partial charge in [0, 0.05) is 0 Å². The Bertz CT molecular complexity index is 1150. The molecule has 1 aromatic carbocycles. The van der Waals surface area contributed by atoms with Crippen LogP contribution in [0.3, 0.4) is 0 Å². The van der Waals surface area contributed by atoms with Crippen molar-refractivity contribution in [2.75, 3.05) is 0 Å². The Labute approximate surface area is 200 Å². The summed E-state index contributed by atoms with van der Waals surface area (Å²) in [5.41, 5.74) is 2.62. The van der Waals surface area contributed by atoms with Gasteiger partial charge < -0.3 is 0 Å². The average Bonchev–Trinajstić information content (AvgIpc) is 2.91. The number of phenolic OH excluding ortho intramolecular Hbond substituents is 1. The molecule has 8 heteroatoms. The van der Waals surface area contributed by atoms with Crippen LogP contribution in [0, 0.1) is 2.44 Å². The van der Waals surface area contributed by atoms with Crippen LogP contribution in [0.25, 0.3) is 10.0 Å². The Morgan fingerprint density at radius 2 is 2.07 bits per heavy atom. The van der Waals surface area contributed by atoms with Crippen molar-refractivity contribution in [3.8, 4) is 15.8 Å². The molecular formula is C20H14Br2INO2SeSi. The van der Waals surface area contributed by atoms with Crippen LogP contribution >= 0.6 is 54.5 Å². The molecule has 0 spiro atoms. The fraction of sp³-hybridized carbons (Fsp3) is 0.100. The van der Waals surface area contributed by atoms with Gasteiger partial charge in [-0.05, 0) is 0 Å².